The number of esters is 1. The fraction of sp³-hybridized carbons (Fsp3) is 0.278. The van der Waals surface area contributed by atoms with Crippen molar-refractivity contribution in [2.45, 2.75) is 12.5 Å². The van der Waals surface area contributed by atoms with Crippen molar-refractivity contribution in [1.82, 2.24) is 14.7 Å². The molecule has 27 heavy (non-hydrogen) atoms. The van der Waals surface area contributed by atoms with Gasteiger partial charge in [0.25, 0.3) is 5.91 Å². The zero-order valence-electron chi connectivity index (χ0n) is 14.8. The lowest BCUT2D eigenvalue weighted by molar-refractivity contribution is -0.142. The van der Waals surface area contributed by atoms with E-state index in [9.17, 15) is 9.59 Å². The van der Waals surface area contributed by atoms with Gasteiger partial charge in [0.05, 0.1) is 12.8 Å². The minimum Gasteiger partial charge on any atom is -0.467 e. The number of methoxy groups -OCH3 is 1. The number of fused-ring (bicyclic) bond motifs is 1. The van der Waals surface area contributed by atoms with E-state index in [0.29, 0.717) is 22.1 Å². The van der Waals surface area contributed by atoms with Crippen molar-refractivity contribution in [1.29, 1.82) is 0 Å². The maximum Gasteiger partial charge on any atom is 0.328 e. The number of aromatic nitrogens is 2. The molecular formula is C18H18ClN3O3S2. The molecule has 0 fully saturated rings. The summed E-state index contributed by atoms with van der Waals surface area (Å²) in [6.07, 6.45) is 4.26. The van der Waals surface area contributed by atoms with Crippen LogP contribution in [0.15, 0.2) is 35.8 Å². The molecule has 0 aliphatic heterocycles. The largest absolute Gasteiger partial charge is 0.467 e. The van der Waals surface area contributed by atoms with Gasteiger partial charge in [0.1, 0.15) is 11.7 Å². The second-order valence-electron chi connectivity index (χ2n) is 5.74. The van der Waals surface area contributed by atoms with Crippen molar-refractivity contribution in [2.24, 2.45) is 0 Å². The molecule has 0 radical (unpaired) electrons. The molecule has 0 aliphatic rings. The summed E-state index contributed by atoms with van der Waals surface area (Å²) in [4.78, 5) is 29.9. The fourth-order valence-electron chi connectivity index (χ4n) is 2.57. The molecule has 9 heteroatoms. The minimum absolute atomic E-state index is 0.335. The second kappa shape index (κ2) is 8.77. The number of nitrogens with zero attached hydrogens (tertiary/aromatic N) is 2. The van der Waals surface area contributed by atoms with E-state index in [4.69, 9.17) is 16.3 Å². The summed E-state index contributed by atoms with van der Waals surface area (Å²) in [6.45, 7) is 0. The number of rotatable bonds is 7. The quantitative estimate of drug-likeness (QED) is 0.586. The maximum atomic E-state index is 12.7. The highest BCUT2D eigenvalue weighted by Gasteiger charge is 2.24. The summed E-state index contributed by atoms with van der Waals surface area (Å²) in [5, 5.41) is 5.15. The van der Waals surface area contributed by atoms with Crippen LogP contribution in [0.2, 0.25) is 5.02 Å². The Hall–Kier alpha value is -2.03. The molecule has 1 aromatic carbocycles. The van der Waals surface area contributed by atoms with Gasteiger partial charge < -0.3 is 10.1 Å². The van der Waals surface area contributed by atoms with Gasteiger partial charge in [0, 0.05) is 22.2 Å². The average Bonchev–Trinajstić information content (AvgIpc) is 3.25. The van der Waals surface area contributed by atoms with Gasteiger partial charge in [-0.1, -0.05) is 23.7 Å². The average molecular weight is 424 g/mol. The molecule has 0 saturated heterocycles. The number of thiazole rings is 1. The Bertz CT molecular complexity index is 953. The number of halogens is 1. The topological polar surface area (TPSA) is 72.7 Å². The number of amides is 1. The molecular weight excluding hydrogens is 406 g/mol. The Labute approximate surface area is 169 Å². The molecule has 1 N–H and O–H groups in total. The molecule has 1 unspecified atom stereocenters. The highest BCUT2D eigenvalue weighted by Crippen LogP contribution is 2.25. The van der Waals surface area contributed by atoms with E-state index in [-0.39, 0.29) is 5.91 Å². The normalized spacial score (nSPS) is 12.1. The first-order valence-corrected chi connectivity index (χ1v) is 10.8. The number of carbonyl (C=O) groups excluding carboxylic acids is 2. The molecule has 0 aliphatic carbocycles. The smallest absolute Gasteiger partial charge is 0.328 e. The van der Waals surface area contributed by atoms with E-state index in [2.05, 4.69) is 10.3 Å². The second-order valence-corrected chi connectivity index (χ2v) is 8.00. The van der Waals surface area contributed by atoms with Crippen LogP contribution in [0.3, 0.4) is 0 Å². The van der Waals surface area contributed by atoms with Gasteiger partial charge in [0.2, 0.25) is 0 Å². The van der Waals surface area contributed by atoms with E-state index in [0.717, 1.165) is 17.0 Å². The Morgan fingerprint density at radius 3 is 2.78 bits per heavy atom. The summed E-state index contributed by atoms with van der Waals surface area (Å²) in [6, 6.07) is 6.67. The molecule has 3 aromatic rings. The standard InChI is InChI=1S/C18H18ClN3O3S2/c1-25-17(24)13(7-8-26-2)20-16(23)15-10-27-18-21-14(9-22(15)18)11-3-5-12(19)6-4-11/h3-6,9-10,13H,7-8H2,1-2H3,(H,20,23). The van der Waals surface area contributed by atoms with Gasteiger partial charge in [-0.05, 0) is 30.6 Å². The molecule has 142 valence electrons. The lowest BCUT2D eigenvalue weighted by Gasteiger charge is -2.15. The number of nitrogens with one attached hydrogen (secondary N) is 1. The summed E-state index contributed by atoms with van der Waals surface area (Å²) in [5.74, 6) is -0.0422. The van der Waals surface area contributed by atoms with E-state index in [1.807, 2.05) is 18.4 Å². The van der Waals surface area contributed by atoms with Crippen molar-refractivity contribution in [3.63, 3.8) is 0 Å². The van der Waals surface area contributed by atoms with Crippen LogP contribution < -0.4 is 5.32 Å². The summed E-state index contributed by atoms with van der Waals surface area (Å²) in [7, 11) is 1.32. The van der Waals surface area contributed by atoms with Crippen LogP contribution in [-0.4, -0.2) is 46.4 Å². The third kappa shape index (κ3) is 4.45. The van der Waals surface area contributed by atoms with Crippen molar-refractivity contribution >= 4 is 51.5 Å². The van der Waals surface area contributed by atoms with Gasteiger partial charge in [-0.3, -0.25) is 9.20 Å². The van der Waals surface area contributed by atoms with Crippen molar-refractivity contribution in [2.75, 3.05) is 19.1 Å². The molecule has 6 nitrogen and oxygen atoms in total. The number of ether oxygens (including phenoxy) is 1. The fourth-order valence-corrected chi connectivity index (χ4v) is 4.02. The molecule has 2 heterocycles. The predicted octanol–water partition coefficient (Wildman–Crippen LogP) is 3.74. The van der Waals surface area contributed by atoms with Crippen LogP contribution in [0, 0.1) is 0 Å². The summed E-state index contributed by atoms with van der Waals surface area (Å²) >= 11 is 8.90. The van der Waals surface area contributed by atoms with E-state index in [1.165, 1.54) is 18.4 Å². The van der Waals surface area contributed by atoms with Gasteiger partial charge in [0.15, 0.2) is 4.96 Å². The summed E-state index contributed by atoms with van der Waals surface area (Å²) in [5.41, 5.74) is 2.09. The number of thioether (sulfide) groups is 1. The Balaban J connectivity index is 1.84. The zero-order valence-corrected chi connectivity index (χ0v) is 17.2. The van der Waals surface area contributed by atoms with Gasteiger partial charge >= 0.3 is 5.97 Å². The molecule has 2 aromatic heterocycles. The number of benzene rings is 1. The van der Waals surface area contributed by atoms with Crippen LogP contribution in [0.1, 0.15) is 16.9 Å². The Morgan fingerprint density at radius 1 is 1.37 bits per heavy atom. The lowest BCUT2D eigenvalue weighted by atomic mass is 10.2. The molecule has 0 saturated carbocycles. The van der Waals surface area contributed by atoms with Gasteiger partial charge in [-0.2, -0.15) is 11.8 Å². The molecule has 1 amide bonds. The number of hydrogen-bond acceptors (Lipinski definition) is 6. The number of hydrogen-bond donors (Lipinski definition) is 1. The first-order chi connectivity index (χ1) is 13.0. The van der Waals surface area contributed by atoms with Gasteiger partial charge in [-0.15, -0.1) is 11.3 Å². The third-order valence-electron chi connectivity index (χ3n) is 3.98. The van der Waals surface area contributed by atoms with Crippen molar-refractivity contribution in [3.05, 3.63) is 46.6 Å². The monoisotopic (exact) mass is 423 g/mol. The first kappa shape index (κ1) is 19.7. The van der Waals surface area contributed by atoms with Crippen LogP contribution in [0.5, 0.6) is 0 Å². The van der Waals surface area contributed by atoms with Crippen molar-refractivity contribution in [3.8, 4) is 11.3 Å². The zero-order chi connectivity index (χ0) is 19.4. The maximum absolute atomic E-state index is 12.7. The molecule has 0 bridgehead atoms. The SMILES string of the molecule is COC(=O)C(CCSC)NC(=O)c1csc2nc(-c3ccc(Cl)cc3)cn12. The molecule has 0 spiro atoms. The van der Waals surface area contributed by atoms with Crippen LogP contribution in [0.25, 0.3) is 16.2 Å². The highest BCUT2D eigenvalue weighted by molar-refractivity contribution is 7.98. The lowest BCUT2D eigenvalue weighted by Crippen LogP contribution is -2.42. The highest BCUT2D eigenvalue weighted by atomic mass is 35.5. The Kier molecular flexibility index (Phi) is 6.41. The van der Waals surface area contributed by atoms with Crippen LogP contribution in [-0.2, 0) is 9.53 Å². The summed E-state index contributed by atoms with van der Waals surface area (Å²) < 4.78 is 6.53. The predicted molar refractivity (Wildman–Crippen MR) is 110 cm³/mol. The third-order valence-corrected chi connectivity index (χ3v) is 5.72. The van der Waals surface area contributed by atoms with E-state index >= 15 is 0 Å². The molecule has 1 atom stereocenters. The first-order valence-electron chi connectivity index (χ1n) is 8.13. The number of carbonyl (C=O) groups is 2. The van der Waals surface area contributed by atoms with Gasteiger partial charge in [-0.25, -0.2) is 9.78 Å². The molecule has 3 rings (SSSR count). The van der Waals surface area contributed by atoms with E-state index in [1.54, 1.807) is 39.9 Å². The van der Waals surface area contributed by atoms with E-state index < -0.39 is 12.0 Å². The van der Waals surface area contributed by atoms with Crippen LogP contribution >= 0.6 is 34.7 Å². The van der Waals surface area contributed by atoms with Crippen molar-refractivity contribution < 1.29 is 14.3 Å². The van der Waals surface area contributed by atoms with Crippen LogP contribution in [0.4, 0.5) is 0 Å². The Morgan fingerprint density at radius 2 is 2.11 bits per heavy atom. The number of imidazole rings is 1. The minimum atomic E-state index is -0.677.